The van der Waals surface area contributed by atoms with E-state index in [1.54, 1.807) is 17.7 Å². The first-order valence-electron chi connectivity index (χ1n) is 5.67. The number of hydrogen-bond acceptors (Lipinski definition) is 6. The van der Waals surface area contributed by atoms with Gasteiger partial charge in [0.05, 0.1) is 10.7 Å². The van der Waals surface area contributed by atoms with E-state index < -0.39 is 0 Å². The molecule has 3 rings (SSSR count). The van der Waals surface area contributed by atoms with Crippen LogP contribution in [0.1, 0.15) is 4.88 Å². The molecular formula is C11H11ClN6S. The van der Waals surface area contributed by atoms with Gasteiger partial charge in [-0.15, -0.1) is 11.3 Å². The topological polar surface area (TPSA) is 92.5 Å². The van der Waals surface area contributed by atoms with Crippen molar-refractivity contribution in [1.29, 1.82) is 0 Å². The van der Waals surface area contributed by atoms with Crippen molar-refractivity contribution < 1.29 is 0 Å². The quantitative estimate of drug-likeness (QED) is 0.686. The Kier molecular flexibility index (Phi) is 3.22. The molecule has 0 spiro atoms. The maximum absolute atomic E-state index is 5.89. The highest BCUT2D eigenvalue weighted by Gasteiger charge is 2.08. The highest BCUT2D eigenvalue weighted by molar-refractivity contribution is 7.16. The van der Waals surface area contributed by atoms with Gasteiger partial charge < -0.3 is 16.0 Å². The van der Waals surface area contributed by atoms with Gasteiger partial charge in [-0.3, -0.25) is 0 Å². The Hall–Kier alpha value is -1.86. The lowest BCUT2D eigenvalue weighted by Crippen LogP contribution is -2.08. The van der Waals surface area contributed by atoms with E-state index in [-0.39, 0.29) is 5.95 Å². The van der Waals surface area contributed by atoms with Crippen LogP contribution in [0.2, 0.25) is 4.34 Å². The number of nitrogens with two attached hydrogens (primary N) is 1. The van der Waals surface area contributed by atoms with E-state index in [1.807, 2.05) is 12.1 Å². The van der Waals surface area contributed by atoms with E-state index in [0.717, 1.165) is 22.8 Å². The van der Waals surface area contributed by atoms with E-state index in [1.165, 1.54) is 4.88 Å². The van der Waals surface area contributed by atoms with Gasteiger partial charge in [0.2, 0.25) is 5.95 Å². The molecule has 19 heavy (non-hydrogen) atoms. The second-order valence-corrected chi connectivity index (χ2v) is 5.71. The summed E-state index contributed by atoms with van der Waals surface area (Å²) in [6.45, 7) is 0.738. The molecule has 3 aromatic rings. The number of hydrogen-bond donors (Lipinski definition) is 3. The molecule has 0 amide bonds. The number of imidazole rings is 1. The van der Waals surface area contributed by atoms with Gasteiger partial charge in [0.15, 0.2) is 11.5 Å². The molecule has 0 saturated heterocycles. The van der Waals surface area contributed by atoms with Crippen LogP contribution in [0.4, 0.5) is 11.8 Å². The van der Waals surface area contributed by atoms with Crippen LogP contribution in [0.5, 0.6) is 0 Å². The second kappa shape index (κ2) is 5.02. The molecular weight excluding hydrogens is 284 g/mol. The number of rotatable bonds is 4. The summed E-state index contributed by atoms with van der Waals surface area (Å²) in [5.74, 6) is 0.879. The van der Waals surface area contributed by atoms with Crippen LogP contribution in [-0.2, 0) is 6.42 Å². The van der Waals surface area contributed by atoms with Crippen molar-refractivity contribution in [3.8, 4) is 0 Å². The molecule has 3 aromatic heterocycles. The Balaban J connectivity index is 1.73. The third-order valence-corrected chi connectivity index (χ3v) is 3.89. The number of nitrogen functional groups attached to an aromatic ring is 1. The largest absolute Gasteiger partial charge is 0.368 e. The van der Waals surface area contributed by atoms with Crippen molar-refractivity contribution in [3.63, 3.8) is 0 Å². The van der Waals surface area contributed by atoms with E-state index in [2.05, 4.69) is 25.3 Å². The number of aromatic nitrogens is 4. The predicted octanol–water partition coefficient (Wildman–Crippen LogP) is 2.30. The van der Waals surface area contributed by atoms with Gasteiger partial charge in [-0.2, -0.15) is 9.97 Å². The van der Waals surface area contributed by atoms with Crippen LogP contribution in [0, 0.1) is 0 Å². The molecule has 0 aliphatic heterocycles. The van der Waals surface area contributed by atoms with Crippen molar-refractivity contribution in [1.82, 2.24) is 19.9 Å². The first-order valence-corrected chi connectivity index (χ1v) is 6.86. The number of anilines is 2. The summed E-state index contributed by atoms with van der Waals surface area (Å²) in [6, 6.07) is 3.92. The Morgan fingerprint density at radius 2 is 2.26 bits per heavy atom. The van der Waals surface area contributed by atoms with Gasteiger partial charge in [0, 0.05) is 11.4 Å². The Bertz CT molecular complexity index is 706. The molecule has 98 valence electrons. The van der Waals surface area contributed by atoms with Gasteiger partial charge in [0.25, 0.3) is 0 Å². The van der Waals surface area contributed by atoms with E-state index in [0.29, 0.717) is 11.5 Å². The average Bonchev–Trinajstić information content (AvgIpc) is 2.98. The third-order valence-electron chi connectivity index (χ3n) is 2.60. The Morgan fingerprint density at radius 3 is 3.05 bits per heavy atom. The average molecular weight is 295 g/mol. The predicted molar refractivity (Wildman–Crippen MR) is 77.6 cm³/mol. The van der Waals surface area contributed by atoms with Crippen LogP contribution >= 0.6 is 22.9 Å². The van der Waals surface area contributed by atoms with Gasteiger partial charge in [0.1, 0.15) is 5.52 Å². The molecule has 0 aliphatic rings. The van der Waals surface area contributed by atoms with Gasteiger partial charge in [-0.25, -0.2) is 4.98 Å². The molecule has 0 aliphatic carbocycles. The minimum absolute atomic E-state index is 0.210. The lowest BCUT2D eigenvalue weighted by Gasteiger charge is -2.05. The van der Waals surface area contributed by atoms with Crippen LogP contribution in [0.3, 0.4) is 0 Å². The molecule has 0 atom stereocenters. The highest BCUT2D eigenvalue weighted by Crippen LogP contribution is 2.22. The molecule has 0 unspecified atom stereocenters. The summed E-state index contributed by atoms with van der Waals surface area (Å²) in [6.07, 6.45) is 2.44. The highest BCUT2D eigenvalue weighted by atomic mass is 35.5. The van der Waals surface area contributed by atoms with Crippen LogP contribution < -0.4 is 11.1 Å². The zero-order valence-corrected chi connectivity index (χ0v) is 11.4. The van der Waals surface area contributed by atoms with E-state index >= 15 is 0 Å². The standard InChI is InChI=1S/C11H11ClN6S/c12-7-2-1-6(19-7)3-4-14-9-8-10(16-5-15-8)18-11(13)17-9/h1-2,5H,3-4H2,(H4,13,14,15,16,17,18). The van der Waals surface area contributed by atoms with Gasteiger partial charge in [-0.05, 0) is 18.6 Å². The fraction of sp³-hybridized carbons (Fsp3) is 0.182. The summed E-state index contributed by atoms with van der Waals surface area (Å²) < 4.78 is 0.803. The first kappa shape index (κ1) is 12.2. The molecule has 0 bridgehead atoms. The van der Waals surface area contributed by atoms with Crippen molar-refractivity contribution in [3.05, 3.63) is 27.7 Å². The van der Waals surface area contributed by atoms with Crippen molar-refractivity contribution in [2.45, 2.75) is 6.42 Å². The number of nitrogens with zero attached hydrogens (tertiary/aromatic N) is 3. The maximum atomic E-state index is 5.89. The van der Waals surface area contributed by atoms with Crippen molar-refractivity contribution >= 4 is 45.9 Å². The fourth-order valence-electron chi connectivity index (χ4n) is 1.77. The number of H-pyrrole nitrogens is 1. The zero-order valence-electron chi connectivity index (χ0n) is 9.85. The minimum atomic E-state index is 0.210. The normalized spacial score (nSPS) is 11.0. The van der Waals surface area contributed by atoms with Crippen molar-refractivity contribution in [2.24, 2.45) is 0 Å². The summed E-state index contributed by atoms with van der Waals surface area (Å²) >= 11 is 7.47. The number of halogens is 1. The number of aromatic amines is 1. The maximum Gasteiger partial charge on any atom is 0.224 e. The molecule has 8 heteroatoms. The first-order chi connectivity index (χ1) is 9.22. The molecule has 6 nitrogen and oxygen atoms in total. The SMILES string of the molecule is Nc1nc(NCCc2ccc(Cl)s2)c2[nH]cnc2n1. The Labute approximate surface area is 118 Å². The number of fused-ring (bicyclic) bond motifs is 1. The number of nitrogens with one attached hydrogen (secondary N) is 2. The number of thiophene rings is 1. The summed E-state index contributed by atoms with van der Waals surface area (Å²) in [4.78, 5) is 16.5. The summed E-state index contributed by atoms with van der Waals surface area (Å²) in [5.41, 5.74) is 6.97. The van der Waals surface area contributed by atoms with Gasteiger partial charge >= 0.3 is 0 Å². The van der Waals surface area contributed by atoms with E-state index in [9.17, 15) is 0 Å². The molecule has 0 fully saturated rings. The second-order valence-electron chi connectivity index (χ2n) is 3.91. The summed E-state index contributed by atoms with van der Waals surface area (Å²) in [5, 5.41) is 3.23. The molecule has 4 N–H and O–H groups in total. The van der Waals surface area contributed by atoms with Crippen LogP contribution in [-0.4, -0.2) is 26.5 Å². The smallest absolute Gasteiger partial charge is 0.224 e. The summed E-state index contributed by atoms with van der Waals surface area (Å²) in [7, 11) is 0. The monoisotopic (exact) mass is 294 g/mol. The molecule has 3 heterocycles. The van der Waals surface area contributed by atoms with Crippen LogP contribution in [0.15, 0.2) is 18.5 Å². The fourth-order valence-corrected chi connectivity index (χ4v) is 2.86. The Morgan fingerprint density at radius 1 is 1.37 bits per heavy atom. The molecule has 0 radical (unpaired) electrons. The molecule has 0 aromatic carbocycles. The van der Waals surface area contributed by atoms with Crippen LogP contribution in [0.25, 0.3) is 11.2 Å². The van der Waals surface area contributed by atoms with Gasteiger partial charge in [-0.1, -0.05) is 11.6 Å². The van der Waals surface area contributed by atoms with Crippen molar-refractivity contribution in [2.75, 3.05) is 17.6 Å². The lowest BCUT2D eigenvalue weighted by atomic mass is 10.3. The minimum Gasteiger partial charge on any atom is -0.368 e. The third kappa shape index (κ3) is 2.61. The lowest BCUT2D eigenvalue weighted by molar-refractivity contribution is 1.03. The molecule has 0 saturated carbocycles. The van der Waals surface area contributed by atoms with E-state index in [4.69, 9.17) is 17.3 Å². The zero-order chi connectivity index (χ0) is 13.2.